The van der Waals surface area contributed by atoms with Gasteiger partial charge < -0.3 is 20.5 Å². The Labute approximate surface area is 237 Å². The molecule has 1 aromatic carbocycles. The molecule has 0 spiro atoms. The minimum absolute atomic E-state index is 0.0414. The third-order valence-corrected chi connectivity index (χ3v) is 9.36. The summed E-state index contributed by atoms with van der Waals surface area (Å²) in [6.45, 7) is 2.03. The highest BCUT2D eigenvalue weighted by Crippen LogP contribution is 2.28. The number of nitriles is 1. The standard InChI is InChI=1S/C25H32ClN7O6S/c26-23-22(29-15-19-2-1-13-39-17-19)16-30-33(24(23)34)21-7-10-31(11-8-21)40(37,38)32(12-9-28-25(35)36)20-5-3-18(14-27)4-6-20/h3-6,16,19,21,28-29H,1-2,7-13,15,17H2,(H,35,36)/t19-/m0/s1. The summed E-state index contributed by atoms with van der Waals surface area (Å²) in [5.74, 6) is 0.335. The molecule has 1 aromatic heterocycles. The van der Waals surface area contributed by atoms with E-state index in [1.165, 1.54) is 39.4 Å². The van der Waals surface area contributed by atoms with Crippen LogP contribution in [0.3, 0.4) is 0 Å². The lowest BCUT2D eigenvalue weighted by atomic mass is 10.0. The molecule has 0 unspecified atom stereocenters. The lowest BCUT2D eigenvalue weighted by molar-refractivity contribution is 0.0595. The van der Waals surface area contributed by atoms with Crippen molar-refractivity contribution in [3.05, 3.63) is 51.4 Å². The predicted molar refractivity (Wildman–Crippen MR) is 149 cm³/mol. The Balaban J connectivity index is 1.43. The molecule has 0 bridgehead atoms. The second-order valence-electron chi connectivity index (χ2n) is 9.69. The van der Waals surface area contributed by atoms with Crippen LogP contribution >= 0.6 is 11.6 Å². The zero-order valence-electron chi connectivity index (χ0n) is 21.8. The van der Waals surface area contributed by atoms with E-state index < -0.39 is 21.9 Å². The van der Waals surface area contributed by atoms with Crippen LogP contribution in [0.4, 0.5) is 16.2 Å². The lowest BCUT2D eigenvalue weighted by Crippen LogP contribution is -2.50. The van der Waals surface area contributed by atoms with Crippen molar-refractivity contribution in [1.29, 1.82) is 5.26 Å². The van der Waals surface area contributed by atoms with Crippen molar-refractivity contribution in [2.45, 2.75) is 31.7 Å². The summed E-state index contributed by atoms with van der Waals surface area (Å²) in [4.78, 5) is 23.9. The SMILES string of the molecule is N#Cc1ccc(N(CCNC(=O)O)S(=O)(=O)N2CCC(n3ncc(NC[C@@H]4CCCOC4)c(Cl)c3=O)CC2)cc1. The topological polar surface area (TPSA) is 170 Å². The zero-order chi connectivity index (χ0) is 28.7. The summed E-state index contributed by atoms with van der Waals surface area (Å²) in [6.07, 6.45) is 2.97. The van der Waals surface area contributed by atoms with Crippen molar-refractivity contribution in [1.82, 2.24) is 19.4 Å². The van der Waals surface area contributed by atoms with Gasteiger partial charge in [0.1, 0.15) is 5.02 Å². The summed E-state index contributed by atoms with van der Waals surface area (Å²) in [6, 6.07) is 7.66. The molecule has 3 N–H and O–H groups in total. The fraction of sp³-hybridized carbons (Fsp3) is 0.520. The van der Waals surface area contributed by atoms with E-state index in [1.54, 1.807) is 0 Å². The monoisotopic (exact) mass is 593 g/mol. The molecule has 0 aliphatic carbocycles. The maximum Gasteiger partial charge on any atom is 0.404 e. The van der Waals surface area contributed by atoms with Crippen molar-refractivity contribution in [2.75, 3.05) is 55.6 Å². The number of amides is 1. The molecule has 40 heavy (non-hydrogen) atoms. The van der Waals surface area contributed by atoms with Gasteiger partial charge in [-0.2, -0.15) is 23.1 Å². The molecule has 2 aliphatic heterocycles. The van der Waals surface area contributed by atoms with E-state index in [1.807, 2.05) is 6.07 Å². The maximum absolute atomic E-state index is 13.6. The average Bonchev–Trinajstić information content (AvgIpc) is 2.96. The van der Waals surface area contributed by atoms with E-state index in [0.717, 1.165) is 23.8 Å². The van der Waals surface area contributed by atoms with Crippen LogP contribution < -0.4 is 20.5 Å². The van der Waals surface area contributed by atoms with Gasteiger partial charge in [-0.05, 0) is 55.9 Å². The molecule has 2 saturated heterocycles. The molecular formula is C25H32ClN7O6S. The first-order chi connectivity index (χ1) is 19.2. The first-order valence-electron chi connectivity index (χ1n) is 13.0. The average molecular weight is 594 g/mol. The maximum atomic E-state index is 13.6. The Bertz CT molecular complexity index is 1380. The van der Waals surface area contributed by atoms with E-state index in [-0.39, 0.29) is 37.2 Å². The van der Waals surface area contributed by atoms with Gasteiger partial charge in [0.25, 0.3) is 5.56 Å². The van der Waals surface area contributed by atoms with Crippen LogP contribution in [-0.2, 0) is 14.9 Å². The highest BCUT2D eigenvalue weighted by molar-refractivity contribution is 7.90. The van der Waals surface area contributed by atoms with Gasteiger partial charge in [-0.15, -0.1) is 0 Å². The molecule has 0 saturated carbocycles. The van der Waals surface area contributed by atoms with Crippen LogP contribution in [0.25, 0.3) is 0 Å². The molecule has 3 heterocycles. The van der Waals surface area contributed by atoms with Crippen LogP contribution in [0.1, 0.15) is 37.3 Å². The molecule has 216 valence electrons. The Hall–Kier alpha value is -3.38. The number of carboxylic acid groups (broad SMARTS) is 1. The van der Waals surface area contributed by atoms with Crippen molar-refractivity contribution < 1.29 is 23.1 Å². The first-order valence-corrected chi connectivity index (χ1v) is 14.8. The Kier molecular flexibility index (Phi) is 9.85. The molecular weight excluding hydrogens is 562 g/mol. The van der Waals surface area contributed by atoms with Crippen LogP contribution in [0.5, 0.6) is 0 Å². The Morgan fingerprint density at radius 1 is 1.25 bits per heavy atom. The molecule has 2 aromatic rings. The number of hydrogen-bond donors (Lipinski definition) is 3. The van der Waals surface area contributed by atoms with E-state index in [9.17, 15) is 18.0 Å². The van der Waals surface area contributed by atoms with Gasteiger partial charge in [0, 0.05) is 32.8 Å². The number of anilines is 2. The van der Waals surface area contributed by atoms with Crippen molar-refractivity contribution in [3.63, 3.8) is 0 Å². The van der Waals surface area contributed by atoms with E-state index in [4.69, 9.17) is 26.7 Å². The fourth-order valence-corrected chi connectivity index (χ4v) is 6.72. The smallest absolute Gasteiger partial charge is 0.404 e. The van der Waals surface area contributed by atoms with Gasteiger partial charge in [0.2, 0.25) is 0 Å². The fourth-order valence-electron chi connectivity index (χ4n) is 4.85. The van der Waals surface area contributed by atoms with Crippen molar-refractivity contribution >= 4 is 39.3 Å². The minimum Gasteiger partial charge on any atom is -0.465 e. The Morgan fingerprint density at radius 3 is 2.60 bits per heavy atom. The molecule has 15 heteroatoms. The third kappa shape index (κ3) is 7.03. The third-order valence-electron chi connectivity index (χ3n) is 7.03. The summed E-state index contributed by atoms with van der Waals surface area (Å²) < 4.78 is 36.5. The number of benzene rings is 1. The highest BCUT2D eigenvalue weighted by Gasteiger charge is 2.34. The second-order valence-corrected chi connectivity index (χ2v) is 11.9. The number of piperidine rings is 1. The van der Waals surface area contributed by atoms with Gasteiger partial charge >= 0.3 is 16.3 Å². The Morgan fingerprint density at radius 2 is 1.98 bits per heavy atom. The number of nitrogens with zero attached hydrogens (tertiary/aromatic N) is 5. The van der Waals surface area contributed by atoms with Crippen LogP contribution in [0.15, 0.2) is 35.3 Å². The number of ether oxygens (including phenoxy) is 1. The molecule has 0 radical (unpaired) electrons. The summed E-state index contributed by atoms with van der Waals surface area (Å²) in [7, 11) is -4.05. The van der Waals surface area contributed by atoms with Gasteiger partial charge in [0.15, 0.2) is 0 Å². The lowest BCUT2D eigenvalue weighted by Gasteiger charge is -2.36. The molecule has 1 atom stereocenters. The van der Waals surface area contributed by atoms with Crippen LogP contribution in [0.2, 0.25) is 5.02 Å². The normalized spacial score (nSPS) is 18.6. The summed E-state index contributed by atoms with van der Waals surface area (Å²) >= 11 is 6.39. The predicted octanol–water partition coefficient (Wildman–Crippen LogP) is 2.26. The minimum atomic E-state index is -4.05. The molecule has 2 aliphatic rings. The second kappa shape index (κ2) is 13.3. The van der Waals surface area contributed by atoms with E-state index >= 15 is 0 Å². The largest absolute Gasteiger partial charge is 0.465 e. The van der Waals surface area contributed by atoms with Gasteiger partial charge in [-0.1, -0.05) is 11.6 Å². The number of halogens is 1. The number of carbonyl (C=O) groups is 1. The van der Waals surface area contributed by atoms with Crippen molar-refractivity contribution in [2.24, 2.45) is 5.92 Å². The first kappa shape index (κ1) is 29.6. The highest BCUT2D eigenvalue weighted by atomic mass is 35.5. The molecule has 13 nitrogen and oxygen atoms in total. The molecule has 2 fully saturated rings. The molecule has 4 rings (SSSR count). The van der Waals surface area contributed by atoms with Gasteiger partial charge in [-0.25, -0.2) is 9.48 Å². The van der Waals surface area contributed by atoms with E-state index in [2.05, 4.69) is 15.7 Å². The summed E-state index contributed by atoms with van der Waals surface area (Å²) in [5, 5.41) is 27.8. The number of aromatic nitrogens is 2. The van der Waals surface area contributed by atoms with Crippen LogP contribution in [0, 0.1) is 17.2 Å². The zero-order valence-corrected chi connectivity index (χ0v) is 23.4. The van der Waals surface area contributed by atoms with Crippen molar-refractivity contribution in [3.8, 4) is 6.07 Å². The van der Waals surface area contributed by atoms with Gasteiger partial charge in [-0.3, -0.25) is 9.10 Å². The quantitative estimate of drug-likeness (QED) is 0.374. The van der Waals surface area contributed by atoms with E-state index in [0.29, 0.717) is 48.8 Å². The number of rotatable bonds is 10. The number of hydrogen-bond acceptors (Lipinski definition) is 8. The van der Waals surface area contributed by atoms with Crippen LogP contribution in [-0.4, -0.2) is 79.6 Å². The van der Waals surface area contributed by atoms with Gasteiger partial charge in [0.05, 0.1) is 48.4 Å². The summed E-state index contributed by atoms with van der Waals surface area (Å²) in [5.41, 5.74) is 0.695. The molecule has 1 amide bonds. The number of nitrogens with one attached hydrogen (secondary N) is 2.